The molecule has 0 amide bonds. The van der Waals surface area contributed by atoms with Gasteiger partial charge in [0, 0.05) is 67.9 Å². The van der Waals surface area contributed by atoms with Crippen molar-refractivity contribution in [2.45, 2.75) is 167 Å². The highest BCUT2D eigenvalue weighted by atomic mass is 16.7. The van der Waals surface area contributed by atoms with E-state index in [1.807, 2.05) is 6.92 Å². The van der Waals surface area contributed by atoms with Gasteiger partial charge in [-0.3, -0.25) is 19.7 Å². The molecule has 0 aliphatic heterocycles. The fraction of sp³-hybridized carbons (Fsp3) is 0.661. The molecular weight excluding hydrogens is 949 g/mol. The topological polar surface area (TPSA) is 175 Å². The van der Waals surface area contributed by atoms with Gasteiger partial charge in [-0.25, -0.2) is 4.79 Å². The monoisotopic (exact) mass is 1030 g/mol. The van der Waals surface area contributed by atoms with E-state index in [2.05, 4.69) is 81.8 Å². The number of ketones is 1. The van der Waals surface area contributed by atoms with Gasteiger partial charge in [0.2, 0.25) is 0 Å². The first kappa shape index (κ1) is 53.4. The number of benzene rings is 2. The number of Topliss-reactive ketones (excluding diaryl/α,β-unsaturated/α-hetero) is 1. The van der Waals surface area contributed by atoms with Gasteiger partial charge in [0.05, 0.1) is 30.8 Å². The summed E-state index contributed by atoms with van der Waals surface area (Å²) in [5, 5.41) is 35.9. The van der Waals surface area contributed by atoms with Gasteiger partial charge in [0.25, 0.3) is 5.69 Å². The number of rotatable bonds is 13. The van der Waals surface area contributed by atoms with E-state index in [0.717, 1.165) is 63.5 Å². The van der Waals surface area contributed by atoms with Crippen LogP contribution in [0.2, 0.25) is 0 Å². The van der Waals surface area contributed by atoms with Gasteiger partial charge in [0.1, 0.15) is 23.2 Å². The molecule has 404 valence electrons. The molecule has 7 fully saturated rings. The van der Waals surface area contributed by atoms with Gasteiger partial charge in [-0.05, 0) is 184 Å². The molecule has 16 atom stereocenters. The molecule has 0 bridgehead atoms. The Morgan fingerprint density at radius 1 is 0.960 bits per heavy atom. The van der Waals surface area contributed by atoms with Crippen LogP contribution in [-0.2, 0) is 23.8 Å². The number of nitro benzene ring substituents is 1. The minimum absolute atomic E-state index is 0.00696. The first-order chi connectivity index (χ1) is 35.8. The highest BCUT2D eigenvalue weighted by Gasteiger charge is 2.67. The summed E-state index contributed by atoms with van der Waals surface area (Å²) in [6.45, 7) is 12.2. The second-order valence-electron chi connectivity index (χ2n) is 24.9. The average molecular weight is 1030 g/mol. The number of aliphatic hydroxyl groups excluding tert-OH is 1. The van der Waals surface area contributed by atoms with Crippen LogP contribution in [0.5, 0.6) is 5.75 Å². The average Bonchev–Trinajstić information content (AvgIpc) is 4.02. The normalized spacial score (nSPS) is 37.9. The van der Waals surface area contributed by atoms with Crippen LogP contribution in [0.3, 0.4) is 0 Å². The molecule has 0 saturated heterocycles. The first-order valence-corrected chi connectivity index (χ1v) is 28.2. The number of carbonyl (C=O) groups excluding carboxylic acids is 3. The van der Waals surface area contributed by atoms with Crippen molar-refractivity contribution in [2.24, 2.45) is 63.6 Å². The molecule has 0 radical (unpaired) electrons. The maximum atomic E-state index is 13.8. The molecule has 2 N–H and O–H groups in total. The molecule has 75 heavy (non-hydrogen) atoms. The number of nitro groups is 1. The Balaban J connectivity index is 0.826. The lowest BCUT2D eigenvalue weighted by molar-refractivity contribution is -0.384. The minimum Gasteiger partial charge on any atom is -0.469 e. The largest absolute Gasteiger partial charge is 0.514 e. The van der Waals surface area contributed by atoms with Crippen molar-refractivity contribution in [3.8, 4) is 17.6 Å². The van der Waals surface area contributed by atoms with Crippen molar-refractivity contribution in [1.29, 1.82) is 0 Å². The fourth-order valence-corrected chi connectivity index (χ4v) is 17.7. The number of non-ortho nitro benzene ring substituents is 1. The molecule has 13 heteroatoms. The van der Waals surface area contributed by atoms with Crippen LogP contribution < -0.4 is 9.64 Å². The third-order valence-corrected chi connectivity index (χ3v) is 21.7. The van der Waals surface area contributed by atoms with Gasteiger partial charge in [0.15, 0.2) is 0 Å². The van der Waals surface area contributed by atoms with Gasteiger partial charge >= 0.3 is 12.1 Å². The lowest BCUT2D eigenvalue weighted by atomic mass is 9.43. The fourth-order valence-electron chi connectivity index (χ4n) is 17.7. The number of esters is 1. The molecule has 2 aromatic rings. The van der Waals surface area contributed by atoms with E-state index in [-0.39, 0.29) is 75.8 Å². The summed E-state index contributed by atoms with van der Waals surface area (Å²) in [6, 6.07) is 14.4. The molecule has 0 spiro atoms. The second-order valence-corrected chi connectivity index (χ2v) is 24.9. The Hall–Kier alpha value is -5.03. The lowest BCUT2D eigenvalue weighted by Crippen LogP contribution is -2.63. The van der Waals surface area contributed by atoms with E-state index in [4.69, 9.17) is 18.9 Å². The van der Waals surface area contributed by atoms with E-state index in [9.17, 15) is 34.7 Å². The Bertz CT molecular complexity index is 2650. The molecule has 8 aliphatic rings. The van der Waals surface area contributed by atoms with E-state index >= 15 is 0 Å². The maximum absolute atomic E-state index is 13.8. The van der Waals surface area contributed by atoms with E-state index in [1.54, 1.807) is 0 Å². The Labute approximate surface area is 443 Å². The number of likely N-dealkylation sites (N-methyl/N-ethyl adjacent to an activating group) is 1. The number of aliphatic hydroxyl groups is 2. The van der Waals surface area contributed by atoms with Crippen molar-refractivity contribution >= 4 is 29.3 Å². The SMILES string of the molecule is CC#C[C@]1(O)CCC2C3CC=C4CC(=O)CCC4=C3[C@@H](c3ccc(N(C)CCO[C@H]4CC[C@@]5(C)[C@@H](C4)C[C@@H](OC(=O)Oc4ccc([N+](=O)[O-])cc4)[C@@H]4[C@@H]5C[C@H](O)[C@]5(C)[C@@H]([C@H](C)CCC(=O)OC)CC[C@@H]45)cc3)C[C@@]21C. The quantitative estimate of drug-likeness (QED) is 0.0640. The summed E-state index contributed by atoms with van der Waals surface area (Å²) in [5.74, 6) is 8.14. The van der Waals surface area contributed by atoms with Crippen LogP contribution >= 0.6 is 0 Å². The van der Waals surface area contributed by atoms with Crippen LogP contribution in [0, 0.1) is 85.5 Å². The lowest BCUT2D eigenvalue weighted by Gasteiger charge is -2.64. The Morgan fingerprint density at radius 3 is 2.44 bits per heavy atom. The molecule has 13 nitrogen and oxygen atoms in total. The van der Waals surface area contributed by atoms with E-state index in [0.29, 0.717) is 75.7 Å². The van der Waals surface area contributed by atoms with Crippen LogP contribution in [0.25, 0.3) is 0 Å². The smallest absolute Gasteiger partial charge is 0.469 e. The summed E-state index contributed by atoms with van der Waals surface area (Å²) >= 11 is 0. The first-order valence-electron chi connectivity index (χ1n) is 28.2. The number of hydrogen-bond acceptors (Lipinski definition) is 12. The van der Waals surface area contributed by atoms with Crippen molar-refractivity contribution in [3.63, 3.8) is 0 Å². The standard InChI is InChI=1S/C62H80N2O11/c1-8-27-62(69)29-26-50-47-20-12-39-32-43(65)17-21-46(39)56(47)48(36-60(50,62)4)38-10-13-41(14-11-38)63(6)30-31-73-45-25-28-59(3)40(33-45)34-53(75-58(68)74-44-18-15-42(16-19-44)64(70)71)57-51-23-22-49(37(2)9-24-55(67)72-7)61(51,5)54(66)35-52(57)59/h10-16,18-19,37,40,45,47-54,57,66,69H,9,17,20-26,28-36H2,1-7H3/t37-,40+,45+,47?,48-,49-,50?,51+,52+,53-,54+,57+,59+,60+,61-,62+/m1/s1. The predicted molar refractivity (Wildman–Crippen MR) is 285 cm³/mol. The molecule has 0 heterocycles. The van der Waals surface area contributed by atoms with Gasteiger partial charge in [-0.15, -0.1) is 5.92 Å². The van der Waals surface area contributed by atoms with Gasteiger partial charge in [-0.1, -0.05) is 57.4 Å². The van der Waals surface area contributed by atoms with Crippen LogP contribution in [0.4, 0.5) is 16.2 Å². The molecule has 10 rings (SSSR count). The van der Waals surface area contributed by atoms with Crippen molar-refractivity contribution in [3.05, 3.63) is 87.0 Å². The predicted octanol–water partition coefficient (Wildman–Crippen LogP) is 11.5. The number of allylic oxidation sites excluding steroid dienone is 4. The van der Waals surface area contributed by atoms with Crippen molar-refractivity contribution in [1.82, 2.24) is 0 Å². The van der Waals surface area contributed by atoms with Crippen LogP contribution in [0.15, 0.2) is 71.3 Å². The zero-order valence-electron chi connectivity index (χ0n) is 45.3. The number of ether oxygens (including phenoxy) is 4. The summed E-state index contributed by atoms with van der Waals surface area (Å²) in [4.78, 5) is 51.7. The van der Waals surface area contributed by atoms with Crippen molar-refractivity contribution < 1.29 is 48.5 Å². The summed E-state index contributed by atoms with van der Waals surface area (Å²) in [5.41, 5.74) is 4.46. The Morgan fingerprint density at radius 2 is 1.72 bits per heavy atom. The number of hydrogen-bond donors (Lipinski definition) is 2. The number of carbonyl (C=O) groups is 3. The number of nitrogens with zero attached hydrogens (tertiary/aromatic N) is 2. The molecule has 2 unspecified atom stereocenters. The third kappa shape index (κ3) is 9.45. The molecule has 8 aliphatic carbocycles. The molecular formula is C62H80N2O11. The number of anilines is 1. The highest BCUT2D eigenvalue weighted by Crippen LogP contribution is 2.70. The summed E-state index contributed by atoms with van der Waals surface area (Å²) < 4.78 is 23.9. The third-order valence-electron chi connectivity index (χ3n) is 21.7. The van der Waals surface area contributed by atoms with Gasteiger partial charge < -0.3 is 34.1 Å². The molecule has 0 aromatic heterocycles. The van der Waals surface area contributed by atoms with E-state index < -0.39 is 34.3 Å². The Kier molecular flexibility index (Phi) is 14.8. The second kappa shape index (κ2) is 20.7. The summed E-state index contributed by atoms with van der Waals surface area (Å²) in [6.07, 6.45) is 12.5. The van der Waals surface area contributed by atoms with Crippen LogP contribution in [0.1, 0.15) is 149 Å². The minimum atomic E-state index is -1.03. The zero-order chi connectivity index (χ0) is 53.2. The molecule has 7 saturated carbocycles. The maximum Gasteiger partial charge on any atom is 0.514 e. The van der Waals surface area contributed by atoms with E-state index in [1.165, 1.54) is 53.7 Å². The number of methoxy groups -OCH3 is 1. The molecule has 2 aromatic carbocycles. The van der Waals surface area contributed by atoms with Crippen LogP contribution in [-0.4, -0.2) is 84.3 Å². The number of fused-ring (bicyclic) bond motifs is 9. The summed E-state index contributed by atoms with van der Waals surface area (Å²) in [7, 11) is 3.52. The zero-order valence-corrected chi connectivity index (χ0v) is 45.3. The highest BCUT2D eigenvalue weighted by molar-refractivity contribution is 5.85. The van der Waals surface area contributed by atoms with Crippen molar-refractivity contribution in [2.75, 3.05) is 32.2 Å². The van der Waals surface area contributed by atoms with Gasteiger partial charge in [-0.2, -0.15) is 0 Å².